The summed E-state index contributed by atoms with van der Waals surface area (Å²) in [6.07, 6.45) is 2.14. The van der Waals surface area contributed by atoms with Gasteiger partial charge in [0, 0.05) is 13.2 Å². The van der Waals surface area contributed by atoms with Gasteiger partial charge in [0.1, 0.15) is 6.04 Å². The summed E-state index contributed by atoms with van der Waals surface area (Å²) in [7, 11) is 1.60. The Morgan fingerprint density at radius 2 is 2.29 bits per heavy atom. The third kappa shape index (κ3) is 5.50. The van der Waals surface area contributed by atoms with E-state index in [1.54, 1.807) is 14.0 Å². The van der Waals surface area contributed by atoms with Crippen molar-refractivity contribution in [1.82, 2.24) is 16.1 Å². The molecule has 1 unspecified atom stereocenters. The van der Waals surface area contributed by atoms with Gasteiger partial charge >= 0.3 is 0 Å². The lowest BCUT2D eigenvalue weighted by atomic mass is 10.3. The van der Waals surface area contributed by atoms with Crippen LogP contribution < -0.4 is 21.9 Å². The zero-order chi connectivity index (χ0) is 12.7. The molecule has 0 heterocycles. The van der Waals surface area contributed by atoms with Crippen molar-refractivity contribution in [2.75, 3.05) is 20.3 Å². The van der Waals surface area contributed by atoms with E-state index in [4.69, 9.17) is 10.6 Å². The van der Waals surface area contributed by atoms with Gasteiger partial charge in [0.2, 0.25) is 11.9 Å². The van der Waals surface area contributed by atoms with E-state index in [9.17, 15) is 4.79 Å². The molecule has 1 aliphatic rings. The molecule has 1 rings (SSSR count). The standard InChI is InChI=1S/C10H21N5O2/c1-7(9(16)14-8-3-4-8)13-10(15-11)12-5-6-17-2/h7-8H,3-6,11H2,1-2H3,(H,14,16)(H2,12,13,15). The van der Waals surface area contributed by atoms with Crippen LogP contribution in [0.1, 0.15) is 19.8 Å². The number of carbonyl (C=O) groups excluding carboxylic acids is 1. The number of nitrogens with one attached hydrogen (secondary N) is 3. The molecule has 1 amide bonds. The highest BCUT2D eigenvalue weighted by atomic mass is 16.5. The summed E-state index contributed by atoms with van der Waals surface area (Å²) in [5, 5.41) is 5.81. The third-order valence-corrected chi connectivity index (χ3v) is 2.37. The van der Waals surface area contributed by atoms with Crippen molar-refractivity contribution in [3.8, 4) is 0 Å². The second kappa shape index (κ2) is 7.08. The molecule has 1 atom stereocenters. The van der Waals surface area contributed by atoms with Crippen LogP contribution in [0.25, 0.3) is 0 Å². The normalized spacial score (nSPS) is 17.5. The summed E-state index contributed by atoms with van der Waals surface area (Å²) < 4.78 is 4.87. The van der Waals surface area contributed by atoms with Crippen LogP contribution in [-0.2, 0) is 9.53 Å². The lowest BCUT2D eigenvalue weighted by Gasteiger charge is -2.16. The van der Waals surface area contributed by atoms with Gasteiger partial charge in [-0.3, -0.25) is 10.2 Å². The molecule has 7 heteroatoms. The van der Waals surface area contributed by atoms with Gasteiger partial charge in [-0.2, -0.15) is 0 Å². The largest absolute Gasteiger partial charge is 0.383 e. The number of methoxy groups -OCH3 is 1. The lowest BCUT2D eigenvalue weighted by Crippen LogP contribution is -2.51. The van der Waals surface area contributed by atoms with Crippen LogP contribution in [-0.4, -0.2) is 44.2 Å². The number of hydrazine groups is 1. The SMILES string of the molecule is COCCN=C(NN)NC(C)C(=O)NC1CC1. The number of guanidine groups is 1. The van der Waals surface area contributed by atoms with Crippen molar-refractivity contribution in [2.45, 2.75) is 31.8 Å². The third-order valence-electron chi connectivity index (χ3n) is 2.37. The number of rotatable bonds is 6. The van der Waals surface area contributed by atoms with E-state index in [2.05, 4.69) is 21.1 Å². The zero-order valence-corrected chi connectivity index (χ0v) is 10.3. The molecule has 0 bridgehead atoms. The van der Waals surface area contributed by atoms with Crippen molar-refractivity contribution in [3.05, 3.63) is 0 Å². The molecule has 0 spiro atoms. The Balaban J connectivity index is 2.31. The fourth-order valence-electron chi connectivity index (χ4n) is 1.21. The average Bonchev–Trinajstić information content (AvgIpc) is 3.11. The van der Waals surface area contributed by atoms with Crippen LogP contribution in [0.5, 0.6) is 0 Å². The van der Waals surface area contributed by atoms with Crippen molar-refractivity contribution in [3.63, 3.8) is 0 Å². The Kier molecular flexibility index (Phi) is 5.71. The predicted molar refractivity (Wildman–Crippen MR) is 65.3 cm³/mol. The Morgan fingerprint density at radius 1 is 1.59 bits per heavy atom. The molecule has 7 nitrogen and oxygen atoms in total. The minimum Gasteiger partial charge on any atom is -0.383 e. The molecular formula is C10H21N5O2. The summed E-state index contributed by atoms with van der Waals surface area (Å²) in [4.78, 5) is 15.8. The average molecular weight is 243 g/mol. The van der Waals surface area contributed by atoms with Crippen LogP contribution >= 0.6 is 0 Å². The van der Waals surface area contributed by atoms with E-state index in [-0.39, 0.29) is 11.9 Å². The number of hydrogen-bond donors (Lipinski definition) is 4. The number of ether oxygens (including phenoxy) is 1. The first kappa shape index (κ1) is 13.7. The van der Waals surface area contributed by atoms with Crippen LogP contribution in [0.15, 0.2) is 4.99 Å². The Labute approximate surface area is 101 Å². The quantitative estimate of drug-likeness (QED) is 0.153. The highest BCUT2D eigenvalue weighted by molar-refractivity contribution is 5.88. The molecule has 5 N–H and O–H groups in total. The van der Waals surface area contributed by atoms with Crippen LogP contribution in [0, 0.1) is 0 Å². The zero-order valence-electron chi connectivity index (χ0n) is 10.3. The molecular weight excluding hydrogens is 222 g/mol. The van der Waals surface area contributed by atoms with Crippen molar-refractivity contribution in [1.29, 1.82) is 0 Å². The summed E-state index contributed by atoms with van der Waals surface area (Å²) in [5.41, 5.74) is 2.42. The molecule has 1 saturated carbocycles. The smallest absolute Gasteiger partial charge is 0.242 e. The summed E-state index contributed by atoms with van der Waals surface area (Å²) in [6, 6.07) is -0.0144. The minimum atomic E-state index is -0.368. The fraction of sp³-hybridized carbons (Fsp3) is 0.800. The van der Waals surface area contributed by atoms with E-state index in [0.29, 0.717) is 25.2 Å². The van der Waals surface area contributed by atoms with Crippen LogP contribution in [0.4, 0.5) is 0 Å². The second-order valence-corrected chi connectivity index (χ2v) is 4.02. The molecule has 0 aliphatic heterocycles. The summed E-state index contributed by atoms with van der Waals surface area (Å²) in [5.74, 6) is 5.65. The minimum absolute atomic E-state index is 0.0396. The van der Waals surface area contributed by atoms with Crippen molar-refractivity contribution < 1.29 is 9.53 Å². The van der Waals surface area contributed by atoms with Gasteiger partial charge in [0.05, 0.1) is 13.2 Å². The number of carbonyl (C=O) groups is 1. The Bertz CT molecular complexity index is 278. The first-order valence-corrected chi connectivity index (χ1v) is 5.74. The number of amides is 1. The van der Waals surface area contributed by atoms with Crippen LogP contribution in [0.3, 0.4) is 0 Å². The van der Waals surface area contributed by atoms with E-state index < -0.39 is 0 Å². The maximum Gasteiger partial charge on any atom is 0.242 e. The van der Waals surface area contributed by atoms with Gasteiger partial charge in [-0.15, -0.1) is 0 Å². The number of aliphatic imine (C=N–C) groups is 1. The molecule has 0 saturated heterocycles. The monoisotopic (exact) mass is 243 g/mol. The summed E-state index contributed by atoms with van der Waals surface area (Å²) >= 11 is 0. The van der Waals surface area contributed by atoms with Gasteiger partial charge in [-0.25, -0.2) is 10.8 Å². The Morgan fingerprint density at radius 3 is 2.82 bits per heavy atom. The van der Waals surface area contributed by atoms with Gasteiger partial charge in [-0.1, -0.05) is 0 Å². The molecule has 98 valence electrons. The van der Waals surface area contributed by atoms with E-state index in [0.717, 1.165) is 12.8 Å². The molecule has 0 aromatic carbocycles. The first-order valence-electron chi connectivity index (χ1n) is 5.74. The maximum absolute atomic E-state index is 11.7. The molecule has 1 fully saturated rings. The van der Waals surface area contributed by atoms with Gasteiger partial charge in [-0.05, 0) is 19.8 Å². The predicted octanol–water partition coefficient (Wildman–Crippen LogP) is -1.29. The summed E-state index contributed by atoms with van der Waals surface area (Å²) in [6.45, 7) is 2.76. The molecule has 17 heavy (non-hydrogen) atoms. The molecule has 0 radical (unpaired) electrons. The number of nitrogens with two attached hydrogens (primary N) is 1. The number of hydrogen-bond acceptors (Lipinski definition) is 4. The molecule has 0 aromatic rings. The van der Waals surface area contributed by atoms with Crippen LogP contribution in [0.2, 0.25) is 0 Å². The van der Waals surface area contributed by atoms with E-state index in [1.165, 1.54) is 0 Å². The van der Waals surface area contributed by atoms with Gasteiger partial charge in [0.25, 0.3) is 0 Å². The second-order valence-electron chi connectivity index (χ2n) is 4.02. The van der Waals surface area contributed by atoms with E-state index >= 15 is 0 Å². The topological polar surface area (TPSA) is 101 Å². The highest BCUT2D eigenvalue weighted by Gasteiger charge is 2.25. The van der Waals surface area contributed by atoms with Crippen molar-refractivity contribution >= 4 is 11.9 Å². The lowest BCUT2D eigenvalue weighted by molar-refractivity contribution is -0.122. The Hall–Kier alpha value is -1.34. The first-order chi connectivity index (χ1) is 8.17. The fourth-order valence-corrected chi connectivity index (χ4v) is 1.21. The molecule has 1 aliphatic carbocycles. The van der Waals surface area contributed by atoms with E-state index in [1.807, 2.05) is 0 Å². The van der Waals surface area contributed by atoms with Crippen molar-refractivity contribution in [2.24, 2.45) is 10.8 Å². The number of nitrogens with zero attached hydrogens (tertiary/aromatic N) is 1. The van der Waals surface area contributed by atoms with Gasteiger partial charge < -0.3 is 15.4 Å². The van der Waals surface area contributed by atoms with Gasteiger partial charge in [0.15, 0.2) is 0 Å². The highest BCUT2D eigenvalue weighted by Crippen LogP contribution is 2.18. The molecule has 0 aromatic heterocycles. The maximum atomic E-state index is 11.7.